The smallest absolute Gasteiger partial charge is 0.264 e. The normalized spacial score (nSPS) is 13.4. The zero-order valence-electron chi connectivity index (χ0n) is 13.1. The molecule has 1 N–H and O–H groups in total. The first-order valence-electron chi connectivity index (χ1n) is 7.92. The molecule has 0 aromatic rings. The molecule has 128 valence electrons. The lowest BCUT2D eigenvalue weighted by Gasteiger charge is -2.03. The van der Waals surface area contributed by atoms with Crippen LogP contribution in [0.3, 0.4) is 0 Å². The second kappa shape index (κ2) is 13.7. The minimum Gasteiger partial charge on any atom is -0.264 e. The van der Waals surface area contributed by atoms with Gasteiger partial charge in [0.05, 0.1) is 6.61 Å². The van der Waals surface area contributed by atoms with E-state index in [1.54, 1.807) is 0 Å². The summed E-state index contributed by atoms with van der Waals surface area (Å²) in [6.45, 7) is 2.00. The molecule has 0 spiro atoms. The lowest BCUT2D eigenvalue weighted by molar-refractivity contribution is 0.284. The summed E-state index contributed by atoms with van der Waals surface area (Å²) in [6.07, 6.45) is 12.3. The summed E-state index contributed by atoms with van der Waals surface area (Å²) in [7, 11) is -5.47. The third-order valence-electron chi connectivity index (χ3n) is 3.27. The summed E-state index contributed by atoms with van der Waals surface area (Å²) in [6, 6.07) is 0. The van der Waals surface area contributed by atoms with Crippen LogP contribution in [0.15, 0.2) is 0 Å². The van der Waals surface area contributed by atoms with Crippen molar-refractivity contribution in [3.8, 4) is 0 Å². The van der Waals surface area contributed by atoms with Gasteiger partial charge in [-0.3, -0.25) is 8.76 Å². The van der Waals surface area contributed by atoms with E-state index in [4.69, 9.17) is 4.55 Å². The molecular formula is C14H30O5S2. The SMILES string of the molecule is CCCCCCCCCCCCS(=O)CCOS(=O)(=O)O. The van der Waals surface area contributed by atoms with Gasteiger partial charge in [0.1, 0.15) is 0 Å². The molecule has 0 fully saturated rings. The molecule has 1 unspecified atom stereocenters. The van der Waals surface area contributed by atoms with Gasteiger partial charge in [-0.2, -0.15) is 8.42 Å². The highest BCUT2D eigenvalue weighted by molar-refractivity contribution is 7.85. The molecule has 0 saturated carbocycles. The third kappa shape index (κ3) is 18.0. The van der Waals surface area contributed by atoms with Crippen molar-refractivity contribution < 1.29 is 21.4 Å². The molecule has 0 heterocycles. The summed E-state index contributed by atoms with van der Waals surface area (Å²) in [5, 5.41) is 0. The fourth-order valence-corrected chi connectivity index (χ4v) is 3.48. The van der Waals surface area contributed by atoms with Crippen molar-refractivity contribution in [2.45, 2.75) is 71.1 Å². The number of hydrogen-bond donors (Lipinski definition) is 1. The van der Waals surface area contributed by atoms with Gasteiger partial charge in [0.25, 0.3) is 0 Å². The predicted octanol–water partition coefficient (Wildman–Crippen LogP) is 3.48. The average Bonchev–Trinajstić information content (AvgIpc) is 2.39. The van der Waals surface area contributed by atoms with Gasteiger partial charge in [0.15, 0.2) is 0 Å². The Balaban J connectivity index is 3.25. The summed E-state index contributed by atoms with van der Waals surface area (Å²) >= 11 is 0. The number of hydrogen-bond acceptors (Lipinski definition) is 4. The molecule has 5 nitrogen and oxygen atoms in total. The van der Waals surface area contributed by atoms with E-state index in [-0.39, 0.29) is 12.4 Å². The molecule has 0 aromatic heterocycles. The van der Waals surface area contributed by atoms with Crippen molar-refractivity contribution in [3.05, 3.63) is 0 Å². The van der Waals surface area contributed by atoms with E-state index in [1.165, 1.54) is 51.4 Å². The highest BCUT2D eigenvalue weighted by Gasteiger charge is 2.06. The minimum atomic E-state index is -4.40. The van der Waals surface area contributed by atoms with Crippen LogP contribution in [0.5, 0.6) is 0 Å². The van der Waals surface area contributed by atoms with Crippen LogP contribution in [-0.2, 0) is 25.4 Å². The molecule has 0 bridgehead atoms. The Morgan fingerprint density at radius 2 is 1.33 bits per heavy atom. The zero-order valence-corrected chi connectivity index (χ0v) is 14.7. The maximum absolute atomic E-state index is 11.5. The van der Waals surface area contributed by atoms with Gasteiger partial charge >= 0.3 is 10.4 Å². The van der Waals surface area contributed by atoms with Gasteiger partial charge in [-0.05, 0) is 6.42 Å². The first-order valence-corrected chi connectivity index (χ1v) is 10.8. The highest BCUT2D eigenvalue weighted by atomic mass is 32.3. The minimum absolute atomic E-state index is 0.150. The largest absolute Gasteiger partial charge is 0.397 e. The van der Waals surface area contributed by atoms with Gasteiger partial charge in [-0.25, -0.2) is 4.18 Å². The van der Waals surface area contributed by atoms with Gasteiger partial charge in [0, 0.05) is 22.3 Å². The highest BCUT2D eigenvalue weighted by Crippen LogP contribution is 2.10. The van der Waals surface area contributed by atoms with Crippen LogP contribution in [0.1, 0.15) is 71.1 Å². The molecule has 0 aliphatic heterocycles. The fourth-order valence-electron chi connectivity index (χ4n) is 2.08. The lowest BCUT2D eigenvalue weighted by atomic mass is 10.1. The van der Waals surface area contributed by atoms with E-state index in [0.717, 1.165) is 12.8 Å². The Bertz CT molecular complexity index is 354. The van der Waals surface area contributed by atoms with Crippen LogP contribution < -0.4 is 0 Å². The van der Waals surface area contributed by atoms with Crippen LogP contribution in [0.2, 0.25) is 0 Å². The number of rotatable bonds is 15. The molecule has 21 heavy (non-hydrogen) atoms. The van der Waals surface area contributed by atoms with E-state index in [1.807, 2.05) is 0 Å². The molecule has 0 radical (unpaired) electrons. The molecule has 1 atom stereocenters. The quantitative estimate of drug-likeness (QED) is 0.364. The summed E-state index contributed by atoms with van der Waals surface area (Å²) < 4.78 is 44.6. The Hall–Kier alpha value is 0.0200. The first-order chi connectivity index (χ1) is 9.95. The maximum Gasteiger partial charge on any atom is 0.397 e. The molecule has 0 aliphatic rings. The second-order valence-corrected chi connectivity index (χ2v) is 8.07. The molecule has 0 rings (SSSR count). The van der Waals surface area contributed by atoms with Gasteiger partial charge < -0.3 is 0 Å². The Morgan fingerprint density at radius 3 is 1.81 bits per heavy atom. The standard InChI is InChI=1S/C14H30O5S2/c1-2-3-4-5-6-7-8-9-10-11-13-20(15)14-12-19-21(16,17)18/h2-14H2,1H3,(H,16,17,18). The summed E-state index contributed by atoms with van der Waals surface area (Å²) in [4.78, 5) is 0. The monoisotopic (exact) mass is 342 g/mol. The Morgan fingerprint density at radius 1 is 0.857 bits per heavy atom. The molecular weight excluding hydrogens is 312 g/mol. The van der Waals surface area contributed by atoms with Gasteiger partial charge in [-0.1, -0.05) is 64.7 Å². The Kier molecular flexibility index (Phi) is 13.7. The van der Waals surface area contributed by atoms with Crippen molar-refractivity contribution in [3.63, 3.8) is 0 Å². The van der Waals surface area contributed by atoms with Crippen LogP contribution >= 0.6 is 0 Å². The van der Waals surface area contributed by atoms with Crippen molar-refractivity contribution in [2.24, 2.45) is 0 Å². The third-order valence-corrected chi connectivity index (χ3v) is 5.10. The van der Waals surface area contributed by atoms with Crippen molar-refractivity contribution in [1.29, 1.82) is 0 Å². The lowest BCUT2D eigenvalue weighted by Crippen LogP contribution is -2.12. The topological polar surface area (TPSA) is 80.7 Å². The van der Waals surface area contributed by atoms with Crippen LogP contribution in [0.25, 0.3) is 0 Å². The van der Waals surface area contributed by atoms with E-state index in [0.29, 0.717) is 5.75 Å². The van der Waals surface area contributed by atoms with Crippen molar-refractivity contribution >= 4 is 21.2 Å². The van der Waals surface area contributed by atoms with Gasteiger partial charge in [-0.15, -0.1) is 0 Å². The molecule has 0 saturated heterocycles. The molecule has 7 heteroatoms. The Labute approximate surface area is 132 Å². The summed E-state index contributed by atoms with van der Waals surface area (Å²) in [5.74, 6) is 0.725. The average molecular weight is 343 g/mol. The second-order valence-electron chi connectivity index (χ2n) is 5.28. The van der Waals surface area contributed by atoms with Gasteiger partial charge in [0.2, 0.25) is 0 Å². The fraction of sp³-hybridized carbons (Fsp3) is 1.00. The molecule has 0 aromatic carbocycles. The predicted molar refractivity (Wildman–Crippen MR) is 87.2 cm³/mol. The van der Waals surface area contributed by atoms with Crippen LogP contribution in [0, 0.1) is 0 Å². The molecule has 0 aliphatic carbocycles. The van der Waals surface area contributed by atoms with Crippen molar-refractivity contribution in [2.75, 3.05) is 18.1 Å². The van der Waals surface area contributed by atoms with Crippen LogP contribution in [0.4, 0.5) is 0 Å². The zero-order chi connectivity index (χ0) is 16.0. The van der Waals surface area contributed by atoms with E-state index >= 15 is 0 Å². The summed E-state index contributed by atoms with van der Waals surface area (Å²) in [5.41, 5.74) is 0. The maximum atomic E-state index is 11.5. The van der Waals surface area contributed by atoms with E-state index in [2.05, 4.69) is 11.1 Å². The number of unbranched alkanes of at least 4 members (excludes halogenated alkanes) is 9. The van der Waals surface area contributed by atoms with Crippen LogP contribution in [-0.4, -0.2) is 35.3 Å². The van der Waals surface area contributed by atoms with E-state index in [9.17, 15) is 12.6 Å². The van der Waals surface area contributed by atoms with E-state index < -0.39 is 21.2 Å². The first kappa shape index (κ1) is 21.0. The molecule has 0 amide bonds. The van der Waals surface area contributed by atoms with Crippen molar-refractivity contribution in [1.82, 2.24) is 0 Å².